The van der Waals surface area contributed by atoms with E-state index in [1.165, 1.54) is 0 Å². The van der Waals surface area contributed by atoms with Crippen LogP contribution >= 0.6 is 23.2 Å². The third-order valence-electron chi connectivity index (χ3n) is 4.76. The molecule has 0 saturated heterocycles. The Morgan fingerprint density at radius 3 is 2.58 bits per heavy atom. The van der Waals surface area contributed by atoms with Gasteiger partial charge in [-0.3, -0.25) is 19.4 Å². The van der Waals surface area contributed by atoms with E-state index in [1.54, 1.807) is 42.5 Å². The summed E-state index contributed by atoms with van der Waals surface area (Å²) < 4.78 is 0. The highest BCUT2D eigenvalue weighted by Gasteiger charge is 2.35. The second-order valence-electron chi connectivity index (χ2n) is 7.09. The first-order valence-electron chi connectivity index (χ1n) is 9.34. The fraction of sp³-hybridized carbons (Fsp3) is 0.143. The van der Waals surface area contributed by atoms with Crippen molar-refractivity contribution in [2.24, 2.45) is 0 Å². The second kappa shape index (κ2) is 8.41. The van der Waals surface area contributed by atoms with Crippen molar-refractivity contribution in [3.63, 3.8) is 0 Å². The summed E-state index contributed by atoms with van der Waals surface area (Å²) in [6.45, 7) is 1.88. The number of aromatic amines is 1. The topological polar surface area (TPSA) is 116 Å². The van der Waals surface area contributed by atoms with Crippen molar-refractivity contribution < 1.29 is 9.59 Å². The second-order valence-corrected chi connectivity index (χ2v) is 7.93. The minimum atomic E-state index is -1.01. The largest absolute Gasteiger partial charge is 0.326 e. The summed E-state index contributed by atoms with van der Waals surface area (Å²) in [5.41, 5.74) is 1.53. The molecule has 0 fully saturated rings. The van der Waals surface area contributed by atoms with Crippen LogP contribution in [0.1, 0.15) is 23.5 Å². The van der Waals surface area contributed by atoms with E-state index in [4.69, 9.17) is 23.2 Å². The monoisotopic (exact) mass is 457 g/mol. The fourth-order valence-electron chi connectivity index (χ4n) is 3.27. The summed E-state index contributed by atoms with van der Waals surface area (Å²) in [5.74, 6) is -1.80. The number of carbonyl (C=O) groups excluding carboxylic acids is 2. The molecule has 2 heterocycles. The van der Waals surface area contributed by atoms with E-state index in [0.29, 0.717) is 21.4 Å². The Balaban J connectivity index is 1.64. The van der Waals surface area contributed by atoms with Gasteiger partial charge in [0.15, 0.2) is 0 Å². The third kappa shape index (κ3) is 4.55. The van der Waals surface area contributed by atoms with Crippen LogP contribution in [0.4, 0.5) is 23.1 Å². The molecule has 8 nitrogen and oxygen atoms in total. The average molecular weight is 458 g/mol. The standard InChI is InChI=1S/C21H17Cl2N5O3/c1-10-2-7-15(14(23)8-10)25-19(30)13-9-16(29)26-18-17(13)20(31)28-21(27-18)24-12-5-3-11(22)4-6-12/h2-8,13H,9H2,1H3,(H,25,30)(H3,24,26,27,28,29,31)/t13-/m0/s1. The zero-order valence-corrected chi connectivity index (χ0v) is 17.8. The lowest BCUT2D eigenvalue weighted by molar-refractivity contribution is -0.123. The molecule has 3 aromatic rings. The van der Waals surface area contributed by atoms with Gasteiger partial charge in [-0.05, 0) is 48.9 Å². The van der Waals surface area contributed by atoms with Gasteiger partial charge in [0, 0.05) is 17.1 Å². The number of rotatable bonds is 4. The summed E-state index contributed by atoms with van der Waals surface area (Å²) in [4.78, 5) is 44.8. The van der Waals surface area contributed by atoms with Crippen LogP contribution in [0.25, 0.3) is 0 Å². The molecule has 1 aliphatic rings. The molecule has 1 aromatic heterocycles. The van der Waals surface area contributed by atoms with Crippen LogP contribution < -0.4 is 21.5 Å². The maximum atomic E-state index is 12.9. The molecule has 0 radical (unpaired) electrons. The number of benzene rings is 2. The van der Waals surface area contributed by atoms with Gasteiger partial charge in [0.25, 0.3) is 5.56 Å². The number of nitrogens with one attached hydrogen (secondary N) is 4. The van der Waals surface area contributed by atoms with Crippen molar-refractivity contribution in [1.82, 2.24) is 9.97 Å². The highest BCUT2D eigenvalue weighted by Crippen LogP contribution is 2.31. The van der Waals surface area contributed by atoms with E-state index < -0.39 is 23.3 Å². The molecule has 158 valence electrons. The van der Waals surface area contributed by atoms with Crippen molar-refractivity contribution in [2.45, 2.75) is 19.3 Å². The van der Waals surface area contributed by atoms with Crippen molar-refractivity contribution in [2.75, 3.05) is 16.0 Å². The van der Waals surface area contributed by atoms with E-state index in [-0.39, 0.29) is 23.8 Å². The highest BCUT2D eigenvalue weighted by atomic mass is 35.5. The van der Waals surface area contributed by atoms with E-state index in [9.17, 15) is 14.4 Å². The highest BCUT2D eigenvalue weighted by molar-refractivity contribution is 6.33. The van der Waals surface area contributed by atoms with E-state index >= 15 is 0 Å². The van der Waals surface area contributed by atoms with Crippen molar-refractivity contribution >= 4 is 58.2 Å². The number of amides is 2. The maximum absolute atomic E-state index is 12.9. The smallest absolute Gasteiger partial charge is 0.258 e. The van der Waals surface area contributed by atoms with E-state index in [0.717, 1.165) is 5.56 Å². The van der Waals surface area contributed by atoms with Crippen LogP contribution in [0.3, 0.4) is 0 Å². The molecule has 10 heteroatoms. The number of H-pyrrole nitrogens is 1. The number of aromatic nitrogens is 2. The van der Waals surface area contributed by atoms with Gasteiger partial charge in [-0.25, -0.2) is 0 Å². The zero-order chi connectivity index (χ0) is 22.1. The molecule has 2 aromatic carbocycles. The first kappa shape index (κ1) is 20.9. The van der Waals surface area contributed by atoms with Gasteiger partial charge in [-0.15, -0.1) is 0 Å². The lowest BCUT2D eigenvalue weighted by Gasteiger charge is -2.24. The number of hydrogen-bond donors (Lipinski definition) is 4. The molecule has 31 heavy (non-hydrogen) atoms. The molecule has 4 rings (SSSR count). The van der Waals surface area contributed by atoms with Crippen LogP contribution in [-0.2, 0) is 9.59 Å². The Bertz CT molecular complexity index is 1240. The molecule has 1 aliphatic heterocycles. The molecule has 0 aliphatic carbocycles. The molecule has 4 N–H and O–H groups in total. The Morgan fingerprint density at radius 1 is 1.13 bits per heavy atom. The first-order chi connectivity index (χ1) is 14.8. The molecule has 0 unspecified atom stereocenters. The van der Waals surface area contributed by atoms with Gasteiger partial charge in [-0.1, -0.05) is 29.3 Å². The van der Waals surface area contributed by atoms with Gasteiger partial charge in [0.05, 0.1) is 22.2 Å². The Morgan fingerprint density at radius 2 is 1.87 bits per heavy atom. The quantitative estimate of drug-likeness (QED) is 0.468. The Hall–Kier alpha value is -3.36. The fourth-order valence-corrected chi connectivity index (χ4v) is 3.67. The molecule has 0 spiro atoms. The van der Waals surface area contributed by atoms with Crippen LogP contribution in [0, 0.1) is 6.92 Å². The minimum absolute atomic E-state index is 0.0339. The number of anilines is 4. The molecule has 0 saturated carbocycles. The number of carbonyl (C=O) groups is 2. The summed E-state index contributed by atoms with van der Waals surface area (Å²) >= 11 is 12.1. The minimum Gasteiger partial charge on any atom is -0.326 e. The summed E-state index contributed by atoms with van der Waals surface area (Å²) in [5, 5.41) is 9.13. The van der Waals surface area contributed by atoms with Gasteiger partial charge in [-0.2, -0.15) is 4.98 Å². The van der Waals surface area contributed by atoms with Gasteiger partial charge in [0.1, 0.15) is 5.82 Å². The lowest BCUT2D eigenvalue weighted by Crippen LogP contribution is -2.36. The Kier molecular flexibility index (Phi) is 5.67. The van der Waals surface area contributed by atoms with Gasteiger partial charge >= 0.3 is 0 Å². The first-order valence-corrected chi connectivity index (χ1v) is 10.1. The van der Waals surface area contributed by atoms with Crippen LogP contribution in [0.5, 0.6) is 0 Å². The van der Waals surface area contributed by atoms with Gasteiger partial charge < -0.3 is 16.0 Å². The number of nitrogens with zero attached hydrogens (tertiary/aromatic N) is 1. The van der Waals surface area contributed by atoms with Crippen LogP contribution in [-0.4, -0.2) is 21.8 Å². The number of hydrogen-bond acceptors (Lipinski definition) is 5. The molecule has 2 amide bonds. The maximum Gasteiger partial charge on any atom is 0.258 e. The van der Waals surface area contributed by atoms with Crippen molar-refractivity contribution in [3.8, 4) is 0 Å². The average Bonchev–Trinajstić information content (AvgIpc) is 2.71. The van der Waals surface area contributed by atoms with Gasteiger partial charge in [0.2, 0.25) is 17.8 Å². The van der Waals surface area contributed by atoms with Crippen LogP contribution in [0.2, 0.25) is 10.0 Å². The predicted octanol–water partition coefficient (Wildman–Crippen LogP) is 4.19. The Labute approximate surface area is 187 Å². The summed E-state index contributed by atoms with van der Waals surface area (Å²) in [6, 6.07) is 12.0. The number of aryl methyl sites for hydroxylation is 1. The molecule has 1 atom stereocenters. The number of fused-ring (bicyclic) bond motifs is 1. The summed E-state index contributed by atoms with van der Waals surface area (Å²) in [7, 11) is 0. The van der Waals surface area contributed by atoms with E-state index in [2.05, 4.69) is 25.9 Å². The molecule has 0 bridgehead atoms. The molecular formula is C21H17Cl2N5O3. The SMILES string of the molecule is Cc1ccc(NC(=O)[C@H]2CC(=O)Nc3nc(Nc4ccc(Cl)cc4)[nH]c(=O)c32)c(Cl)c1. The van der Waals surface area contributed by atoms with Crippen molar-refractivity contribution in [3.05, 3.63) is 74.0 Å². The third-order valence-corrected chi connectivity index (χ3v) is 5.32. The van der Waals surface area contributed by atoms with E-state index in [1.807, 2.05) is 6.92 Å². The predicted molar refractivity (Wildman–Crippen MR) is 120 cm³/mol. The van der Waals surface area contributed by atoms with Crippen LogP contribution in [0.15, 0.2) is 47.3 Å². The molecular weight excluding hydrogens is 441 g/mol. The van der Waals surface area contributed by atoms with Crippen molar-refractivity contribution in [1.29, 1.82) is 0 Å². The summed E-state index contributed by atoms with van der Waals surface area (Å²) in [6.07, 6.45) is -0.183. The lowest BCUT2D eigenvalue weighted by atomic mass is 9.92. The number of halogens is 2. The normalized spacial score (nSPS) is 15.1. The zero-order valence-electron chi connectivity index (χ0n) is 16.3.